The van der Waals surface area contributed by atoms with E-state index in [9.17, 15) is 13.6 Å². The number of aromatic amines is 1. The Morgan fingerprint density at radius 3 is 2.62 bits per heavy atom. The molecule has 3 aromatic carbocycles. The summed E-state index contributed by atoms with van der Waals surface area (Å²) in [5.74, 6) is -0.339. The summed E-state index contributed by atoms with van der Waals surface area (Å²) in [4.78, 5) is 14.7. The van der Waals surface area contributed by atoms with Gasteiger partial charge in [-0.1, -0.05) is 18.2 Å². The first-order valence-corrected chi connectivity index (χ1v) is 12.1. The molecule has 1 aliphatic heterocycles. The van der Waals surface area contributed by atoms with Crippen LogP contribution >= 0.6 is 0 Å². The maximum atomic E-state index is 14.4. The molecule has 1 aliphatic carbocycles. The molecule has 6 nitrogen and oxygen atoms in total. The van der Waals surface area contributed by atoms with E-state index in [1.807, 2.05) is 36.4 Å². The van der Waals surface area contributed by atoms with E-state index < -0.39 is 17.0 Å². The molecule has 2 N–H and O–H groups in total. The Morgan fingerprint density at radius 2 is 1.89 bits per heavy atom. The van der Waals surface area contributed by atoms with E-state index in [4.69, 9.17) is 4.74 Å². The van der Waals surface area contributed by atoms with Crippen LogP contribution in [0.5, 0.6) is 5.75 Å². The number of methoxy groups -OCH3 is 1. The Bertz CT molecular complexity index is 1570. The molecule has 8 heteroatoms. The SMILES string of the molecule is COc1ccc2c(c1)C1(C[C@H]1c1ccc3c(/C=C/c4cc(F)c(CN(C)C)c(F)c4)n[nH]c3c1)C(=O)N2. The fourth-order valence-electron chi connectivity index (χ4n) is 5.46. The molecular formula is C29H26F2N4O2. The zero-order valence-corrected chi connectivity index (χ0v) is 20.7. The van der Waals surface area contributed by atoms with Crippen molar-refractivity contribution in [1.82, 2.24) is 15.1 Å². The molecule has 1 unspecified atom stereocenters. The number of carbonyl (C=O) groups is 1. The van der Waals surface area contributed by atoms with Gasteiger partial charge in [-0.25, -0.2) is 8.78 Å². The van der Waals surface area contributed by atoms with Crippen LogP contribution in [-0.4, -0.2) is 42.2 Å². The zero-order valence-electron chi connectivity index (χ0n) is 20.7. The number of H-pyrrole nitrogens is 1. The molecule has 1 aromatic heterocycles. The minimum absolute atomic E-state index is 0.0187. The van der Waals surface area contributed by atoms with Gasteiger partial charge in [-0.3, -0.25) is 9.89 Å². The molecule has 37 heavy (non-hydrogen) atoms. The predicted octanol–water partition coefficient (Wildman–Crippen LogP) is 5.46. The number of anilines is 1. The van der Waals surface area contributed by atoms with E-state index in [1.165, 1.54) is 12.1 Å². The normalized spacial score (nSPS) is 20.3. The molecule has 1 fully saturated rings. The minimum Gasteiger partial charge on any atom is -0.497 e. The molecule has 0 saturated heterocycles. The van der Waals surface area contributed by atoms with Gasteiger partial charge >= 0.3 is 0 Å². The van der Waals surface area contributed by atoms with Gasteiger partial charge in [0.15, 0.2) is 0 Å². The Balaban J connectivity index is 1.26. The quantitative estimate of drug-likeness (QED) is 0.369. The van der Waals surface area contributed by atoms with Crippen LogP contribution in [0.4, 0.5) is 14.5 Å². The summed E-state index contributed by atoms with van der Waals surface area (Å²) in [6, 6.07) is 14.4. The number of ether oxygens (including phenoxy) is 1. The highest BCUT2D eigenvalue weighted by atomic mass is 19.1. The second-order valence-electron chi connectivity index (χ2n) is 10.0. The van der Waals surface area contributed by atoms with Crippen LogP contribution in [0.25, 0.3) is 23.1 Å². The largest absolute Gasteiger partial charge is 0.497 e. The first-order valence-electron chi connectivity index (χ1n) is 12.1. The van der Waals surface area contributed by atoms with E-state index in [0.29, 0.717) is 11.3 Å². The molecule has 1 spiro atoms. The standard InChI is InChI=1S/C29H26F2N4O2/c1-35(2)15-20-23(30)10-16(11-24(20)31)4-8-25-19-7-5-17(12-27(19)34-33-25)22-14-29(22)21-13-18(37-3)6-9-26(21)32-28(29)36/h4-13,22H,14-15H2,1-3H3,(H,32,36)(H,33,34)/b8-4+/t22-,29?/m0/s1. The third-order valence-electron chi connectivity index (χ3n) is 7.41. The number of benzene rings is 3. The second-order valence-corrected chi connectivity index (χ2v) is 10.0. The Hall–Kier alpha value is -4.04. The van der Waals surface area contributed by atoms with E-state index in [-0.39, 0.29) is 23.9 Å². The fourth-order valence-corrected chi connectivity index (χ4v) is 5.46. The van der Waals surface area contributed by atoms with Gasteiger partial charge in [0.25, 0.3) is 0 Å². The number of rotatable bonds is 6. The van der Waals surface area contributed by atoms with Crippen molar-refractivity contribution in [3.63, 3.8) is 0 Å². The van der Waals surface area contributed by atoms with Crippen LogP contribution in [0.1, 0.15) is 40.3 Å². The molecule has 2 atom stereocenters. The van der Waals surface area contributed by atoms with E-state index in [2.05, 4.69) is 15.5 Å². The Labute approximate surface area is 212 Å². The van der Waals surface area contributed by atoms with Gasteiger partial charge in [0.05, 0.1) is 23.7 Å². The molecule has 2 heterocycles. The van der Waals surface area contributed by atoms with Crippen molar-refractivity contribution in [2.24, 2.45) is 0 Å². The number of aromatic nitrogens is 2. The number of amides is 1. The Kier molecular flexibility index (Phi) is 5.38. The van der Waals surface area contributed by atoms with Crippen LogP contribution in [-0.2, 0) is 16.8 Å². The van der Waals surface area contributed by atoms with Crippen molar-refractivity contribution in [1.29, 1.82) is 0 Å². The number of carbonyl (C=O) groups excluding carboxylic acids is 1. The van der Waals surface area contributed by atoms with Crippen molar-refractivity contribution in [2.45, 2.75) is 24.3 Å². The average Bonchev–Trinajstić information content (AvgIpc) is 3.41. The predicted molar refractivity (Wildman–Crippen MR) is 139 cm³/mol. The van der Waals surface area contributed by atoms with Crippen LogP contribution in [0, 0.1) is 11.6 Å². The minimum atomic E-state index is -0.576. The van der Waals surface area contributed by atoms with Gasteiger partial charge in [0.2, 0.25) is 5.91 Å². The first kappa shape index (κ1) is 23.4. The summed E-state index contributed by atoms with van der Waals surface area (Å²) in [6.07, 6.45) is 4.12. The van der Waals surface area contributed by atoms with Crippen molar-refractivity contribution < 1.29 is 18.3 Å². The van der Waals surface area contributed by atoms with E-state index in [0.717, 1.165) is 39.9 Å². The summed E-state index contributed by atoms with van der Waals surface area (Å²) in [5, 5.41) is 11.3. The summed E-state index contributed by atoms with van der Waals surface area (Å²) < 4.78 is 34.3. The topological polar surface area (TPSA) is 70.2 Å². The van der Waals surface area contributed by atoms with Gasteiger partial charge < -0.3 is 15.0 Å². The average molecular weight is 501 g/mol. The van der Waals surface area contributed by atoms with E-state index in [1.54, 1.807) is 38.3 Å². The van der Waals surface area contributed by atoms with Crippen LogP contribution < -0.4 is 10.1 Å². The molecule has 4 aromatic rings. The highest BCUT2D eigenvalue weighted by Gasteiger charge is 2.65. The number of hydrogen-bond donors (Lipinski definition) is 2. The van der Waals surface area contributed by atoms with Gasteiger partial charge in [-0.05, 0) is 79.7 Å². The zero-order chi connectivity index (χ0) is 25.9. The first-order chi connectivity index (χ1) is 17.8. The lowest BCUT2D eigenvalue weighted by Gasteiger charge is -2.12. The molecular weight excluding hydrogens is 474 g/mol. The fraction of sp³-hybridized carbons (Fsp3) is 0.241. The number of hydrogen-bond acceptors (Lipinski definition) is 4. The van der Waals surface area contributed by atoms with Crippen molar-refractivity contribution in [2.75, 3.05) is 26.5 Å². The summed E-state index contributed by atoms with van der Waals surface area (Å²) in [7, 11) is 5.15. The molecule has 188 valence electrons. The van der Waals surface area contributed by atoms with Crippen LogP contribution in [0.2, 0.25) is 0 Å². The monoisotopic (exact) mass is 500 g/mol. The molecule has 6 rings (SSSR count). The molecule has 0 radical (unpaired) electrons. The lowest BCUT2D eigenvalue weighted by Crippen LogP contribution is -2.21. The maximum absolute atomic E-state index is 14.4. The second kappa shape index (κ2) is 8.52. The molecule has 1 saturated carbocycles. The molecule has 1 amide bonds. The van der Waals surface area contributed by atoms with E-state index >= 15 is 0 Å². The third-order valence-corrected chi connectivity index (χ3v) is 7.41. The summed E-state index contributed by atoms with van der Waals surface area (Å²) >= 11 is 0. The van der Waals surface area contributed by atoms with Crippen LogP contribution in [0.15, 0.2) is 48.5 Å². The number of fused-ring (bicyclic) bond motifs is 3. The lowest BCUT2D eigenvalue weighted by molar-refractivity contribution is -0.118. The van der Waals surface area contributed by atoms with Crippen molar-refractivity contribution >= 4 is 34.6 Å². The van der Waals surface area contributed by atoms with Gasteiger partial charge in [-0.15, -0.1) is 0 Å². The molecule has 2 aliphatic rings. The number of halogens is 2. The number of nitrogens with one attached hydrogen (secondary N) is 2. The molecule has 0 bridgehead atoms. The highest BCUT2D eigenvalue weighted by Crippen LogP contribution is 2.65. The number of nitrogens with zero attached hydrogens (tertiary/aromatic N) is 2. The van der Waals surface area contributed by atoms with Gasteiger partial charge in [0.1, 0.15) is 17.4 Å². The van der Waals surface area contributed by atoms with Gasteiger partial charge in [-0.2, -0.15) is 5.10 Å². The van der Waals surface area contributed by atoms with Gasteiger partial charge in [0, 0.05) is 29.1 Å². The third kappa shape index (κ3) is 3.79. The summed E-state index contributed by atoms with van der Waals surface area (Å²) in [5.41, 5.74) is 4.27. The smallest absolute Gasteiger partial charge is 0.235 e. The Morgan fingerprint density at radius 1 is 1.11 bits per heavy atom. The maximum Gasteiger partial charge on any atom is 0.235 e. The van der Waals surface area contributed by atoms with Crippen LogP contribution in [0.3, 0.4) is 0 Å². The lowest BCUT2D eigenvalue weighted by atomic mass is 9.91. The highest BCUT2D eigenvalue weighted by molar-refractivity contribution is 6.10. The summed E-state index contributed by atoms with van der Waals surface area (Å²) in [6.45, 7) is 0.192. The van der Waals surface area contributed by atoms with Crippen molar-refractivity contribution in [3.8, 4) is 5.75 Å². The van der Waals surface area contributed by atoms with Crippen molar-refractivity contribution in [3.05, 3.63) is 88.1 Å².